The molecule has 2 nitrogen and oxygen atoms in total. The van der Waals surface area contributed by atoms with Crippen LogP contribution in [-0.2, 0) is 9.53 Å². The summed E-state index contributed by atoms with van der Waals surface area (Å²) in [5, 5.41) is 0. The van der Waals surface area contributed by atoms with Crippen LogP contribution in [0.4, 0.5) is 0 Å². The Balaban J connectivity index is 2.02. The fourth-order valence-corrected chi connectivity index (χ4v) is 7.12. The summed E-state index contributed by atoms with van der Waals surface area (Å²) in [7, 11) is 0. The number of esters is 1. The predicted molar refractivity (Wildman–Crippen MR) is 94.0 cm³/mol. The molecule has 4 aliphatic carbocycles. The first-order valence-electron chi connectivity index (χ1n) is 9.32. The first kappa shape index (κ1) is 17.0. The van der Waals surface area contributed by atoms with E-state index in [1.54, 1.807) is 6.92 Å². The van der Waals surface area contributed by atoms with Crippen molar-refractivity contribution in [2.45, 2.75) is 85.7 Å². The largest absolute Gasteiger partial charge is 0.455 e. The van der Waals surface area contributed by atoms with E-state index < -0.39 is 5.60 Å². The molecule has 0 aromatic carbocycles. The van der Waals surface area contributed by atoms with Gasteiger partial charge >= 0.3 is 5.97 Å². The number of hydrogen-bond donors (Lipinski definition) is 0. The van der Waals surface area contributed by atoms with E-state index in [1.165, 1.54) is 38.5 Å². The third kappa shape index (κ3) is 2.48. The number of carbonyl (C=O) groups excluding carboxylic acids is 1. The van der Waals surface area contributed by atoms with Gasteiger partial charge in [0.2, 0.25) is 0 Å². The molecule has 0 radical (unpaired) electrons. The number of hydrogen-bond acceptors (Lipinski definition) is 2. The fourth-order valence-electron chi connectivity index (χ4n) is 7.12. The first-order chi connectivity index (χ1) is 10.4. The Kier molecular flexibility index (Phi) is 3.60. The van der Waals surface area contributed by atoms with Crippen molar-refractivity contribution in [1.29, 1.82) is 0 Å². The lowest BCUT2D eigenvalue weighted by atomic mass is 9.37. The molecule has 0 amide bonds. The van der Waals surface area contributed by atoms with Crippen LogP contribution in [-0.4, -0.2) is 11.6 Å². The molecule has 0 saturated heterocycles. The smallest absolute Gasteiger partial charge is 0.333 e. The van der Waals surface area contributed by atoms with Gasteiger partial charge in [0.1, 0.15) is 5.60 Å². The van der Waals surface area contributed by atoms with E-state index in [1.807, 2.05) is 0 Å². The van der Waals surface area contributed by atoms with Gasteiger partial charge in [-0.2, -0.15) is 0 Å². The van der Waals surface area contributed by atoms with Gasteiger partial charge < -0.3 is 4.74 Å². The Hall–Kier alpha value is -0.790. The van der Waals surface area contributed by atoms with Crippen LogP contribution in [0.15, 0.2) is 12.2 Å². The Morgan fingerprint density at radius 2 is 1.65 bits per heavy atom. The molecule has 4 saturated carbocycles. The van der Waals surface area contributed by atoms with E-state index in [0.29, 0.717) is 22.3 Å². The molecule has 23 heavy (non-hydrogen) atoms. The van der Waals surface area contributed by atoms with E-state index in [-0.39, 0.29) is 11.4 Å². The van der Waals surface area contributed by atoms with Gasteiger partial charge in [-0.3, -0.25) is 0 Å². The maximum Gasteiger partial charge on any atom is 0.333 e. The second-order valence-electron chi connectivity index (χ2n) is 10.3. The summed E-state index contributed by atoms with van der Waals surface area (Å²) in [6.07, 6.45) is 7.74. The molecule has 0 aliphatic heterocycles. The van der Waals surface area contributed by atoms with Crippen molar-refractivity contribution in [3.63, 3.8) is 0 Å². The highest BCUT2D eigenvalue weighted by molar-refractivity contribution is 5.87. The Morgan fingerprint density at radius 3 is 2.04 bits per heavy atom. The molecular formula is C21H34O2. The molecule has 4 bridgehead atoms. The molecular weight excluding hydrogens is 284 g/mol. The minimum absolute atomic E-state index is 0.134. The van der Waals surface area contributed by atoms with Gasteiger partial charge in [0.15, 0.2) is 0 Å². The van der Waals surface area contributed by atoms with E-state index in [0.717, 1.165) is 5.92 Å². The quantitative estimate of drug-likeness (QED) is 0.504. The van der Waals surface area contributed by atoms with Crippen LogP contribution in [0, 0.1) is 28.1 Å². The van der Waals surface area contributed by atoms with Crippen LogP contribution in [0.3, 0.4) is 0 Å². The number of rotatable bonds is 4. The molecule has 4 rings (SSSR count). The van der Waals surface area contributed by atoms with Crippen molar-refractivity contribution in [2.75, 3.05) is 0 Å². The molecule has 0 N–H and O–H groups in total. The van der Waals surface area contributed by atoms with Crippen molar-refractivity contribution >= 4 is 5.97 Å². The van der Waals surface area contributed by atoms with Gasteiger partial charge in [0, 0.05) is 11.0 Å². The second-order valence-corrected chi connectivity index (χ2v) is 10.3. The third-order valence-electron chi connectivity index (χ3n) is 7.43. The topological polar surface area (TPSA) is 26.3 Å². The molecule has 2 heteroatoms. The summed E-state index contributed by atoms with van der Waals surface area (Å²) in [6.45, 7) is 17.2. The molecule has 4 fully saturated rings. The first-order valence-corrected chi connectivity index (χ1v) is 9.32. The zero-order valence-corrected chi connectivity index (χ0v) is 15.9. The standard InChI is InChI=1S/C21H34O2/c1-14(2)17(22)23-20(7,15(3)4)21-10-16-8-18(5,12-21)11-19(6,9-16)13-21/h15-16H,1,8-13H2,2-7H3. The molecule has 4 aliphatic rings. The zero-order valence-electron chi connectivity index (χ0n) is 15.9. The number of carbonyl (C=O) groups is 1. The fraction of sp³-hybridized carbons (Fsp3) is 0.857. The maximum atomic E-state index is 12.4. The Bertz CT molecular complexity index is 528. The summed E-state index contributed by atoms with van der Waals surface area (Å²) < 4.78 is 6.20. The minimum Gasteiger partial charge on any atom is -0.455 e. The number of ether oxygens (including phenoxy) is 1. The van der Waals surface area contributed by atoms with Crippen LogP contribution < -0.4 is 0 Å². The second kappa shape index (κ2) is 4.86. The highest BCUT2D eigenvalue weighted by Gasteiger charge is 2.67. The summed E-state index contributed by atoms with van der Waals surface area (Å²) in [6, 6.07) is 0. The molecule has 0 aromatic heterocycles. The molecule has 0 heterocycles. The highest BCUT2D eigenvalue weighted by atomic mass is 16.6. The van der Waals surface area contributed by atoms with Crippen molar-refractivity contribution in [3.8, 4) is 0 Å². The summed E-state index contributed by atoms with van der Waals surface area (Å²) in [4.78, 5) is 12.4. The lowest BCUT2D eigenvalue weighted by molar-refractivity contribution is -0.243. The van der Waals surface area contributed by atoms with Gasteiger partial charge in [-0.05, 0) is 75.0 Å². The van der Waals surface area contributed by atoms with Crippen LogP contribution in [0.2, 0.25) is 0 Å². The monoisotopic (exact) mass is 318 g/mol. The lowest BCUT2D eigenvalue weighted by Crippen LogP contribution is -2.65. The van der Waals surface area contributed by atoms with Crippen molar-refractivity contribution in [1.82, 2.24) is 0 Å². The normalized spacial score (nSPS) is 44.2. The van der Waals surface area contributed by atoms with Crippen LogP contribution in [0.25, 0.3) is 0 Å². The van der Waals surface area contributed by atoms with E-state index >= 15 is 0 Å². The maximum absolute atomic E-state index is 12.4. The summed E-state index contributed by atoms with van der Waals surface area (Å²) >= 11 is 0. The van der Waals surface area contributed by atoms with E-state index in [9.17, 15) is 4.79 Å². The van der Waals surface area contributed by atoms with Gasteiger partial charge in [-0.15, -0.1) is 0 Å². The molecule has 0 spiro atoms. The molecule has 3 atom stereocenters. The Labute approximate surface area is 142 Å². The van der Waals surface area contributed by atoms with Crippen molar-refractivity contribution in [3.05, 3.63) is 12.2 Å². The SMILES string of the molecule is C=C(C)C(=O)OC(C)(C(C)C)C12CC3CC(C)(CC(C)(C3)C1)C2. The molecule has 3 unspecified atom stereocenters. The Morgan fingerprint density at radius 1 is 1.13 bits per heavy atom. The predicted octanol–water partition coefficient (Wildman–Crippen LogP) is 5.52. The molecule has 0 aromatic rings. The summed E-state index contributed by atoms with van der Waals surface area (Å²) in [5.74, 6) is 0.907. The van der Waals surface area contributed by atoms with Gasteiger partial charge in [-0.25, -0.2) is 4.79 Å². The highest BCUT2D eigenvalue weighted by Crippen LogP contribution is 2.73. The third-order valence-corrected chi connectivity index (χ3v) is 7.43. The van der Waals surface area contributed by atoms with Crippen LogP contribution in [0.1, 0.15) is 80.1 Å². The van der Waals surface area contributed by atoms with Crippen molar-refractivity contribution in [2.24, 2.45) is 28.1 Å². The summed E-state index contributed by atoms with van der Waals surface area (Å²) in [5.41, 5.74) is 1.11. The van der Waals surface area contributed by atoms with Crippen LogP contribution >= 0.6 is 0 Å². The zero-order chi connectivity index (χ0) is 17.3. The van der Waals surface area contributed by atoms with Gasteiger partial charge in [0.05, 0.1) is 0 Å². The average molecular weight is 319 g/mol. The van der Waals surface area contributed by atoms with Gasteiger partial charge in [-0.1, -0.05) is 34.3 Å². The van der Waals surface area contributed by atoms with E-state index in [2.05, 4.69) is 41.2 Å². The minimum atomic E-state index is -0.398. The lowest BCUT2D eigenvalue weighted by Gasteiger charge is -2.69. The van der Waals surface area contributed by atoms with Crippen LogP contribution in [0.5, 0.6) is 0 Å². The van der Waals surface area contributed by atoms with Gasteiger partial charge in [0.25, 0.3) is 0 Å². The van der Waals surface area contributed by atoms with E-state index in [4.69, 9.17) is 4.74 Å². The average Bonchev–Trinajstić information content (AvgIpc) is 2.33. The van der Waals surface area contributed by atoms with Crippen molar-refractivity contribution < 1.29 is 9.53 Å². The molecule has 130 valence electrons.